The van der Waals surface area contributed by atoms with Gasteiger partial charge in [-0.3, -0.25) is 20.4 Å². The molecule has 0 unspecified atom stereocenters. The van der Waals surface area contributed by atoms with Crippen molar-refractivity contribution < 1.29 is 14.3 Å². The highest BCUT2D eigenvalue weighted by Crippen LogP contribution is 2.07. The summed E-state index contributed by atoms with van der Waals surface area (Å²) in [4.78, 5) is 23.4. The second kappa shape index (κ2) is 8.97. The first-order chi connectivity index (χ1) is 12.0. The van der Waals surface area contributed by atoms with E-state index in [2.05, 4.69) is 15.4 Å². The second-order valence-electron chi connectivity index (χ2n) is 5.14. The monoisotopic (exact) mass is 338 g/mol. The molecule has 0 atom stereocenters. The van der Waals surface area contributed by atoms with Gasteiger partial charge in [-0.2, -0.15) is 0 Å². The summed E-state index contributed by atoms with van der Waals surface area (Å²) in [5, 5.41) is 20.9. The number of hydrogen-bond donors (Lipinski definition) is 4. The van der Waals surface area contributed by atoms with E-state index in [0.717, 1.165) is 0 Å². The molecule has 2 rings (SSSR count). The van der Waals surface area contributed by atoms with E-state index < -0.39 is 11.9 Å². The summed E-state index contributed by atoms with van der Waals surface area (Å²) in [6.07, 6.45) is -0.722. The normalized spacial score (nSPS) is 9.76. The molecule has 0 saturated heterocycles. The van der Waals surface area contributed by atoms with Gasteiger partial charge < -0.3 is 15.4 Å². The van der Waals surface area contributed by atoms with E-state index in [4.69, 9.17) is 10.8 Å². The number of benzene rings is 2. The average molecular weight is 338 g/mol. The molecule has 0 fully saturated rings. The fraction of sp³-hybridized carbons (Fsp3) is 0.111. The number of nitrogens with one attached hydrogen (secondary N) is 4. The summed E-state index contributed by atoms with van der Waals surface area (Å²) < 4.78 is 4.63. The van der Waals surface area contributed by atoms with Gasteiger partial charge in [-0.05, 0) is 24.3 Å². The Hall–Kier alpha value is -3.48. The molecule has 128 valence electrons. The van der Waals surface area contributed by atoms with Gasteiger partial charge in [0.2, 0.25) is 0 Å². The van der Waals surface area contributed by atoms with Crippen LogP contribution in [0.1, 0.15) is 12.8 Å². The van der Waals surface area contributed by atoms with Crippen LogP contribution in [0.3, 0.4) is 0 Å². The maximum atomic E-state index is 11.7. The summed E-state index contributed by atoms with van der Waals surface area (Å²) in [5.74, 6) is -1.85. The number of anilines is 2. The summed E-state index contributed by atoms with van der Waals surface area (Å²) in [6.45, 7) is 0. The SMILES string of the molecule is N=C(CC(=O)OC(=O)CC(=N)Nc1ccccc1)Nc1ccccc1. The van der Waals surface area contributed by atoms with Crippen LogP contribution < -0.4 is 10.6 Å². The van der Waals surface area contributed by atoms with E-state index in [1.54, 1.807) is 48.5 Å². The molecule has 7 nitrogen and oxygen atoms in total. The van der Waals surface area contributed by atoms with Crippen LogP contribution in [-0.4, -0.2) is 23.6 Å². The number of esters is 2. The lowest BCUT2D eigenvalue weighted by molar-refractivity contribution is -0.157. The molecule has 2 aromatic carbocycles. The molecule has 0 heterocycles. The van der Waals surface area contributed by atoms with E-state index in [-0.39, 0.29) is 24.5 Å². The number of para-hydroxylation sites is 2. The average Bonchev–Trinajstić information content (AvgIpc) is 2.55. The van der Waals surface area contributed by atoms with Crippen molar-refractivity contribution in [1.82, 2.24) is 0 Å². The summed E-state index contributed by atoms with van der Waals surface area (Å²) in [5.41, 5.74) is 1.33. The van der Waals surface area contributed by atoms with E-state index in [1.807, 2.05) is 12.1 Å². The molecule has 0 aromatic heterocycles. The number of hydrogen-bond acceptors (Lipinski definition) is 5. The zero-order valence-corrected chi connectivity index (χ0v) is 13.4. The largest absolute Gasteiger partial charge is 0.392 e. The van der Waals surface area contributed by atoms with Crippen molar-refractivity contribution in [2.45, 2.75) is 12.8 Å². The van der Waals surface area contributed by atoms with Crippen molar-refractivity contribution in [2.75, 3.05) is 10.6 Å². The first-order valence-corrected chi connectivity index (χ1v) is 7.55. The zero-order chi connectivity index (χ0) is 18.1. The highest BCUT2D eigenvalue weighted by Gasteiger charge is 2.15. The molecule has 4 N–H and O–H groups in total. The van der Waals surface area contributed by atoms with Gasteiger partial charge in [0.1, 0.15) is 24.5 Å². The fourth-order valence-electron chi connectivity index (χ4n) is 1.97. The highest BCUT2D eigenvalue weighted by atomic mass is 16.6. The van der Waals surface area contributed by atoms with Crippen molar-refractivity contribution in [3.8, 4) is 0 Å². The van der Waals surface area contributed by atoms with Gasteiger partial charge in [0.25, 0.3) is 0 Å². The minimum absolute atomic E-state index is 0.0820. The van der Waals surface area contributed by atoms with Crippen molar-refractivity contribution in [2.24, 2.45) is 0 Å². The Morgan fingerprint density at radius 1 is 0.720 bits per heavy atom. The number of carbonyl (C=O) groups is 2. The van der Waals surface area contributed by atoms with Gasteiger partial charge in [0.15, 0.2) is 0 Å². The van der Waals surface area contributed by atoms with Crippen molar-refractivity contribution in [3.05, 3.63) is 60.7 Å². The van der Waals surface area contributed by atoms with Crippen molar-refractivity contribution >= 4 is 35.0 Å². The third-order valence-electron chi connectivity index (χ3n) is 3.01. The highest BCUT2D eigenvalue weighted by molar-refractivity contribution is 6.09. The van der Waals surface area contributed by atoms with E-state index in [0.29, 0.717) is 11.4 Å². The molecular formula is C18H18N4O3. The lowest BCUT2D eigenvalue weighted by Gasteiger charge is -2.09. The van der Waals surface area contributed by atoms with E-state index >= 15 is 0 Å². The van der Waals surface area contributed by atoms with Gasteiger partial charge in [0.05, 0.1) is 0 Å². The number of amidine groups is 2. The number of carbonyl (C=O) groups excluding carboxylic acids is 2. The van der Waals surface area contributed by atoms with Gasteiger partial charge in [-0.25, -0.2) is 0 Å². The molecule has 0 aliphatic rings. The smallest absolute Gasteiger partial charge is 0.321 e. The van der Waals surface area contributed by atoms with Gasteiger partial charge in [-0.15, -0.1) is 0 Å². The molecule has 0 bridgehead atoms. The van der Waals surface area contributed by atoms with Crippen LogP contribution in [0.25, 0.3) is 0 Å². The molecular weight excluding hydrogens is 320 g/mol. The third kappa shape index (κ3) is 6.66. The molecule has 7 heteroatoms. The molecule has 0 saturated carbocycles. The minimum atomic E-state index is -0.842. The Bertz CT molecular complexity index is 695. The first kappa shape index (κ1) is 17.9. The van der Waals surface area contributed by atoms with Crippen LogP contribution in [0.2, 0.25) is 0 Å². The van der Waals surface area contributed by atoms with E-state index in [1.165, 1.54) is 0 Å². The van der Waals surface area contributed by atoms with Crippen LogP contribution in [0.15, 0.2) is 60.7 Å². The molecule has 0 spiro atoms. The maximum absolute atomic E-state index is 11.7. The van der Waals surface area contributed by atoms with Crippen LogP contribution >= 0.6 is 0 Å². The van der Waals surface area contributed by atoms with Crippen molar-refractivity contribution in [3.63, 3.8) is 0 Å². The molecule has 0 radical (unpaired) electrons. The molecule has 0 amide bonds. The van der Waals surface area contributed by atoms with Gasteiger partial charge in [0, 0.05) is 11.4 Å². The predicted octanol–water partition coefficient (Wildman–Crippen LogP) is 3.02. The summed E-state index contributed by atoms with van der Waals surface area (Å²) in [7, 11) is 0. The Morgan fingerprint density at radius 2 is 1.08 bits per heavy atom. The Morgan fingerprint density at radius 3 is 1.44 bits per heavy atom. The quantitative estimate of drug-likeness (QED) is 0.280. The van der Waals surface area contributed by atoms with Gasteiger partial charge >= 0.3 is 11.9 Å². The van der Waals surface area contributed by atoms with Crippen LogP contribution in [-0.2, 0) is 14.3 Å². The molecule has 0 aliphatic carbocycles. The van der Waals surface area contributed by atoms with Crippen LogP contribution in [0.5, 0.6) is 0 Å². The van der Waals surface area contributed by atoms with Gasteiger partial charge in [-0.1, -0.05) is 36.4 Å². The molecule has 0 aliphatic heterocycles. The number of ether oxygens (including phenoxy) is 1. The van der Waals surface area contributed by atoms with Crippen LogP contribution in [0, 0.1) is 10.8 Å². The lowest BCUT2D eigenvalue weighted by atomic mass is 10.3. The predicted molar refractivity (Wildman–Crippen MR) is 95.9 cm³/mol. The first-order valence-electron chi connectivity index (χ1n) is 7.55. The fourth-order valence-corrected chi connectivity index (χ4v) is 1.97. The summed E-state index contributed by atoms with van der Waals surface area (Å²) >= 11 is 0. The Kier molecular flexibility index (Phi) is 6.41. The maximum Gasteiger partial charge on any atom is 0.321 e. The second-order valence-corrected chi connectivity index (χ2v) is 5.14. The molecule has 2 aromatic rings. The minimum Gasteiger partial charge on any atom is -0.392 e. The molecule has 25 heavy (non-hydrogen) atoms. The third-order valence-corrected chi connectivity index (χ3v) is 3.01. The zero-order valence-electron chi connectivity index (χ0n) is 13.4. The van der Waals surface area contributed by atoms with Crippen molar-refractivity contribution in [1.29, 1.82) is 10.8 Å². The van der Waals surface area contributed by atoms with E-state index in [9.17, 15) is 9.59 Å². The number of rotatable bonds is 6. The standard InChI is InChI=1S/C18H18N4O3/c19-15(21-13-7-3-1-4-8-13)11-17(23)25-18(24)12-16(20)22-14-9-5-2-6-10-14/h1-10H,11-12H2,(H2,19,21)(H2,20,22). The van der Waals surface area contributed by atoms with Crippen LogP contribution in [0.4, 0.5) is 11.4 Å². The topological polar surface area (TPSA) is 115 Å². The Balaban J connectivity index is 1.73. The Labute approximate surface area is 145 Å². The lowest BCUT2D eigenvalue weighted by Crippen LogP contribution is -2.23. The summed E-state index contributed by atoms with van der Waals surface area (Å²) in [6, 6.07) is 17.9.